The summed E-state index contributed by atoms with van der Waals surface area (Å²) in [5, 5.41) is 10.9. The first-order valence-electron chi connectivity index (χ1n) is 5.36. The molecule has 0 aliphatic rings. The van der Waals surface area contributed by atoms with Crippen LogP contribution in [0.4, 0.5) is 13.2 Å². The second kappa shape index (κ2) is 7.91. The number of alkyl halides is 3. The van der Waals surface area contributed by atoms with Crippen LogP contribution in [0, 0.1) is 5.92 Å². The predicted molar refractivity (Wildman–Crippen MR) is 55.9 cm³/mol. The summed E-state index contributed by atoms with van der Waals surface area (Å²) in [7, 11) is 0. The zero-order valence-electron chi connectivity index (χ0n) is 9.92. The lowest BCUT2D eigenvalue weighted by Gasteiger charge is -2.09. The van der Waals surface area contributed by atoms with Crippen molar-refractivity contribution in [1.29, 1.82) is 0 Å². The largest absolute Gasteiger partial charge is 0.481 e. The minimum atomic E-state index is -4.45. The van der Waals surface area contributed by atoms with Crippen LogP contribution in [0.5, 0.6) is 0 Å². The van der Waals surface area contributed by atoms with E-state index in [1.54, 1.807) is 0 Å². The number of carbonyl (C=O) groups excluding carboxylic acids is 1. The Morgan fingerprint density at radius 3 is 2.50 bits per heavy atom. The molecule has 1 atom stereocenters. The van der Waals surface area contributed by atoms with E-state index in [2.05, 4.69) is 10.1 Å². The standard InChI is InChI=1S/C10H16F3NO4/c1-7(9(16)17)3-2-4-14-8(15)5-18-6-10(11,12)13/h7H,2-6H2,1H3,(H,14,15)(H,16,17). The maximum Gasteiger partial charge on any atom is 0.411 e. The van der Waals surface area contributed by atoms with Gasteiger partial charge in [-0.3, -0.25) is 9.59 Å². The first-order chi connectivity index (χ1) is 8.22. The number of halogens is 3. The molecule has 0 spiro atoms. The quantitative estimate of drug-likeness (QED) is 0.650. The van der Waals surface area contributed by atoms with Gasteiger partial charge in [0.2, 0.25) is 5.91 Å². The van der Waals surface area contributed by atoms with E-state index >= 15 is 0 Å². The SMILES string of the molecule is CC(CCCNC(=O)COCC(F)(F)F)C(=O)O. The van der Waals surface area contributed by atoms with Gasteiger partial charge in [0.25, 0.3) is 0 Å². The molecule has 0 aliphatic heterocycles. The summed E-state index contributed by atoms with van der Waals surface area (Å²) < 4.78 is 39.1. The summed E-state index contributed by atoms with van der Waals surface area (Å²) >= 11 is 0. The number of carboxylic acid groups (broad SMARTS) is 1. The van der Waals surface area contributed by atoms with E-state index in [4.69, 9.17) is 5.11 Å². The molecule has 0 radical (unpaired) electrons. The van der Waals surface area contributed by atoms with Crippen molar-refractivity contribution in [1.82, 2.24) is 5.32 Å². The van der Waals surface area contributed by atoms with Crippen LogP contribution in [-0.4, -0.2) is 42.9 Å². The van der Waals surface area contributed by atoms with Crippen LogP contribution in [0.25, 0.3) is 0 Å². The molecule has 0 aromatic rings. The van der Waals surface area contributed by atoms with Gasteiger partial charge in [-0.15, -0.1) is 0 Å². The van der Waals surface area contributed by atoms with E-state index in [9.17, 15) is 22.8 Å². The van der Waals surface area contributed by atoms with Crippen LogP contribution in [0.15, 0.2) is 0 Å². The summed E-state index contributed by atoms with van der Waals surface area (Å²) in [6.07, 6.45) is -3.62. The highest BCUT2D eigenvalue weighted by Gasteiger charge is 2.27. The molecule has 0 saturated heterocycles. The van der Waals surface area contributed by atoms with Crippen molar-refractivity contribution in [2.24, 2.45) is 5.92 Å². The summed E-state index contributed by atoms with van der Waals surface area (Å²) in [5.74, 6) is -2.08. The number of carbonyl (C=O) groups is 2. The Labute approximate surface area is 102 Å². The third-order valence-electron chi connectivity index (χ3n) is 2.06. The van der Waals surface area contributed by atoms with Gasteiger partial charge >= 0.3 is 12.1 Å². The number of ether oxygens (including phenoxy) is 1. The van der Waals surface area contributed by atoms with E-state index in [0.717, 1.165) is 0 Å². The van der Waals surface area contributed by atoms with Gasteiger partial charge in [0.05, 0.1) is 5.92 Å². The molecule has 0 fully saturated rings. The molecule has 18 heavy (non-hydrogen) atoms. The second-order valence-electron chi connectivity index (χ2n) is 3.84. The van der Waals surface area contributed by atoms with Gasteiger partial charge in [0, 0.05) is 6.54 Å². The summed E-state index contributed by atoms with van der Waals surface area (Å²) in [6, 6.07) is 0. The molecule has 0 heterocycles. The molecule has 8 heteroatoms. The minimum Gasteiger partial charge on any atom is -0.481 e. The molecule has 1 unspecified atom stereocenters. The molecule has 0 saturated carbocycles. The topological polar surface area (TPSA) is 75.6 Å². The number of amides is 1. The number of rotatable bonds is 8. The Hall–Kier alpha value is -1.31. The Kier molecular flexibility index (Phi) is 7.33. The summed E-state index contributed by atoms with van der Waals surface area (Å²) in [4.78, 5) is 21.4. The smallest absolute Gasteiger partial charge is 0.411 e. The minimum absolute atomic E-state index is 0.214. The molecule has 0 aromatic heterocycles. The van der Waals surface area contributed by atoms with Crippen LogP contribution in [0.2, 0.25) is 0 Å². The number of hydrogen-bond acceptors (Lipinski definition) is 3. The van der Waals surface area contributed by atoms with E-state index in [-0.39, 0.29) is 6.54 Å². The molecule has 0 rings (SSSR count). The first kappa shape index (κ1) is 16.7. The second-order valence-corrected chi connectivity index (χ2v) is 3.84. The number of nitrogens with one attached hydrogen (secondary N) is 1. The fourth-order valence-corrected chi connectivity index (χ4v) is 1.07. The average Bonchev–Trinajstić information content (AvgIpc) is 2.22. The van der Waals surface area contributed by atoms with Crippen molar-refractivity contribution in [3.63, 3.8) is 0 Å². The molecule has 2 N–H and O–H groups in total. The molecule has 5 nitrogen and oxygen atoms in total. The fourth-order valence-electron chi connectivity index (χ4n) is 1.07. The predicted octanol–water partition coefficient (Wildman–Crippen LogP) is 1.18. The highest BCUT2D eigenvalue weighted by Crippen LogP contribution is 2.14. The van der Waals surface area contributed by atoms with E-state index in [0.29, 0.717) is 12.8 Å². The Morgan fingerprint density at radius 2 is 2.00 bits per heavy atom. The van der Waals surface area contributed by atoms with Crippen molar-refractivity contribution in [3.8, 4) is 0 Å². The lowest BCUT2D eigenvalue weighted by Crippen LogP contribution is -2.30. The third-order valence-corrected chi connectivity index (χ3v) is 2.06. The lowest BCUT2D eigenvalue weighted by molar-refractivity contribution is -0.175. The van der Waals surface area contributed by atoms with E-state index < -0.39 is 37.2 Å². The molecular weight excluding hydrogens is 255 g/mol. The molecule has 106 valence electrons. The van der Waals surface area contributed by atoms with Crippen molar-refractivity contribution < 1.29 is 32.6 Å². The van der Waals surface area contributed by atoms with Gasteiger partial charge in [-0.05, 0) is 12.8 Å². The Bertz CT molecular complexity index is 281. The zero-order valence-corrected chi connectivity index (χ0v) is 9.92. The van der Waals surface area contributed by atoms with E-state index in [1.165, 1.54) is 6.92 Å². The van der Waals surface area contributed by atoms with Gasteiger partial charge in [-0.1, -0.05) is 6.92 Å². The molecular formula is C10H16F3NO4. The first-order valence-corrected chi connectivity index (χ1v) is 5.36. The number of carboxylic acids is 1. The lowest BCUT2D eigenvalue weighted by atomic mass is 10.1. The highest BCUT2D eigenvalue weighted by molar-refractivity contribution is 5.77. The van der Waals surface area contributed by atoms with E-state index in [1.807, 2.05) is 0 Å². The third kappa shape index (κ3) is 9.88. The van der Waals surface area contributed by atoms with Gasteiger partial charge in [-0.2, -0.15) is 13.2 Å². The van der Waals surface area contributed by atoms with Crippen molar-refractivity contribution in [2.75, 3.05) is 19.8 Å². The van der Waals surface area contributed by atoms with Crippen LogP contribution >= 0.6 is 0 Å². The Balaban J connectivity index is 3.52. The van der Waals surface area contributed by atoms with Crippen LogP contribution in [0.1, 0.15) is 19.8 Å². The van der Waals surface area contributed by atoms with Crippen LogP contribution < -0.4 is 5.32 Å². The maximum atomic E-state index is 11.7. The molecule has 0 aromatic carbocycles. The van der Waals surface area contributed by atoms with Crippen molar-refractivity contribution in [2.45, 2.75) is 25.9 Å². The maximum absolute atomic E-state index is 11.7. The van der Waals surface area contributed by atoms with Gasteiger partial charge in [0.15, 0.2) is 0 Å². The summed E-state index contributed by atoms with van der Waals surface area (Å²) in [5.41, 5.74) is 0. The molecule has 1 amide bonds. The normalized spacial score (nSPS) is 13.1. The highest BCUT2D eigenvalue weighted by atomic mass is 19.4. The van der Waals surface area contributed by atoms with Gasteiger partial charge < -0.3 is 15.2 Å². The Morgan fingerprint density at radius 1 is 1.39 bits per heavy atom. The van der Waals surface area contributed by atoms with Gasteiger partial charge in [0.1, 0.15) is 13.2 Å². The average molecular weight is 271 g/mol. The van der Waals surface area contributed by atoms with Crippen molar-refractivity contribution in [3.05, 3.63) is 0 Å². The number of aliphatic carboxylic acids is 1. The number of hydrogen-bond donors (Lipinski definition) is 2. The van der Waals surface area contributed by atoms with Gasteiger partial charge in [-0.25, -0.2) is 0 Å². The monoisotopic (exact) mass is 271 g/mol. The van der Waals surface area contributed by atoms with Crippen LogP contribution in [-0.2, 0) is 14.3 Å². The van der Waals surface area contributed by atoms with Crippen molar-refractivity contribution >= 4 is 11.9 Å². The zero-order chi connectivity index (χ0) is 14.2. The molecule has 0 aliphatic carbocycles. The van der Waals surface area contributed by atoms with Crippen LogP contribution in [0.3, 0.4) is 0 Å². The summed E-state index contributed by atoms with van der Waals surface area (Å²) in [6.45, 7) is -0.368. The molecule has 0 bridgehead atoms. The fraction of sp³-hybridized carbons (Fsp3) is 0.800.